The van der Waals surface area contributed by atoms with Gasteiger partial charge in [0.1, 0.15) is 11.9 Å². The molecule has 1 N–H and O–H groups in total. The summed E-state index contributed by atoms with van der Waals surface area (Å²) in [5, 5.41) is 6.49. The van der Waals surface area contributed by atoms with Gasteiger partial charge in [0.25, 0.3) is 0 Å². The van der Waals surface area contributed by atoms with Gasteiger partial charge >= 0.3 is 5.22 Å². The van der Waals surface area contributed by atoms with Gasteiger partial charge < -0.3 is 4.42 Å². The smallest absolute Gasteiger partial charge is 0.335 e. The van der Waals surface area contributed by atoms with Gasteiger partial charge in [-0.3, -0.25) is 0 Å². The number of sulfonamides is 1. The van der Waals surface area contributed by atoms with Crippen LogP contribution in [0, 0.1) is 11.7 Å². The van der Waals surface area contributed by atoms with E-state index in [1.807, 2.05) is 0 Å². The second kappa shape index (κ2) is 7.18. The molecule has 25 heavy (non-hydrogen) atoms. The minimum absolute atomic E-state index is 0.141. The maximum atomic E-state index is 12.9. The van der Waals surface area contributed by atoms with E-state index in [1.54, 1.807) is 13.8 Å². The molecule has 138 valence electrons. The molecule has 0 unspecified atom stereocenters. The summed E-state index contributed by atoms with van der Waals surface area (Å²) in [5.41, 5.74) is 0.402. The number of aromatic nitrogens is 2. The molecular weight excluding hydrogens is 373 g/mol. The molecule has 8 nitrogen and oxygen atoms in total. The first-order chi connectivity index (χ1) is 11.5. The normalized spacial score (nSPS) is 14.0. The van der Waals surface area contributed by atoms with E-state index in [0.29, 0.717) is 5.56 Å². The summed E-state index contributed by atoms with van der Waals surface area (Å²) < 4.78 is 68.0. The van der Waals surface area contributed by atoms with Crippen LogP contribution in [0.25, 0.3) is 0 Å². The third kappa shape index (κ3) is 5.31. The molecule has 2 rings (SSSR count). The Bertz CT molecular complexity index is 937. The van der Waals surface area contributed by atoms with Crippen LogP contribution in [-0.4, -0.2) is 33.3 Å². The van der Waals surface area contributed by atoms with Crippen LogP contribution in [0.4, 0.5) is 4.39 Å². The van der Waals surface area contributed by atoms with Crippen LogP contribution in [0.1, 0.15) is 31.3 Å². The maximum Gasteiger partial charge on any atom is 0.335 e. The van der Waals surface area contributed by atoms with E-state index in [-0.39, 0.29) is 17.6 Å². The highest BCUT2D eigenvalue weighted by atomic mass is 32.2. The molecule has 0 radical (unpaired) electrons. The number of halogens is 1. The lowest BCUT2D eigenvalue weighted by molar-refractivity contribution is 0.327. The number of hydrogen-bond donors (Lipinski definition) is 1. The van der Waals surface area contributed by atoms with Crippen LogP contribution < -0.4 is 4.72 Å². The summed E-state index contributed by atoms with van der Waals surface area (Å²) in [5.74, 6) is -1.26. The molecule has 0 aliphatic rings. The van der Waals surface area contributed by atoms with Gasteiger partial charge in [-0.1, -0.05) is 31.1 Å². The van der Waals surface area contributed by atoms with Gasteiger partial charge in [0.2, 0.25) is 25.8 Å². The molecule has 0 fully saturated rings. The third-order valence-electron chi connectivity index (χ3n) is 3.25. The first kappa shape index (κ1) is 19.5. The van der Waals surface area contributed by atoms with Crippen LogP contribution in [0.3, 0.4) is 0 Å². The van der Waals surface area contributed by atoms with Gasteiger partial charge in [0.15, 0.2) is 0 Å². The molecule has 1 aromatic carbocycles. The molecular formula is C14H18FN3O5S2. The molecule has 0 spiro atoms. The number of benzene rings is 1. The van der Waals surface area contributed by atoms with Crippen molar-refractivity contribution in [1.29, 1.82) is 0 Å². The molecule has 0 saturated carbocycles. The van der Waals surface area contributed by atoms with Gasteiger partial charge in [0.05, 0.1) is 5.75 Å². The first-order valence-corrected chi connectivity index (χ1v) is 10.8. The molecule has 11 heteroatoms. The third-order valence-corrected chi connectivity index (χ3v) is 5.37. The van der Waals surface area contributed by atoms with Crippen molar-refractivity contribution >= 4 is 19.9 Å². The van der Waals surface area contributed by atoms with Gasteiger partial charge in [0, 0.05) is 6.26 Å². The zero-order chi connectivity index (χ0) is 18.8. The highest BCUT2D eigenvalue weighted by Crippen LogP contribution is 2.23. The van der Waals surface area contributed by atoms with Crippen molar-refractivity contribution in [3.8, 4) is 0 Å². The van der Waals surface area contributed by atoms with E-state index >= 15 is 0 Å². The van der Waals surface area contributed by atoms with E-state index in [4.69, 9.17) is 4.42 Å². The van der Waals surface area contributed by atoms with Crippen molar-refractivity contribution in [1.82, 2.24) is 14.9 Å². The Balaban J connectivity index is 2.23. The molecule has 0 aliphatic heterocycles. The van der Waals surface area contributed by atoms with E-state index in [1.165, 1.54) is 24.3 Å². The molecule has 2 aromatic rings. The minimum Gasteiger partial charge on any atom is -0.411 e. The maximum absolute atomic E-state index is 12.9. The van der Waals surface area contributed by atoms with Crippen LogP contribution in [-0.2, 0) is 25.6 Å². The summed E-state index contributed by atoms with van der Waals surface area (Å²) in [6.45, 7) is 3.44. The van der Waals surface area contributed by atoms with Gasteiger partial charge in [-0.15, -0.1) is 5.10 Å². The second-order valence-electron chi connectivity index (χ2n) is 5.90. The predicted octanol–water partition coefficient (Wildman–Crippen LogP) is 1.43. The summed E-state index contributed by atoms with van der Waals surface area (Å²) in [7, 11) is -7.51. The fourth-order valence-corrected chi connectivity index (χ4v) is 3.90. The number of nitrogens with one attached hydrogen (secondary N) is 1. The molecule has 0 aliphatic carbocycles. The van der Waals surface area contributed by atoms with Crippen molar-refractivity contribution in [3.05, 3.63) is 41.5 Å². The van der Waals surface area contributed by atoms with Crippen molar-refractivity contribution in [3.63, 3.8) is 0 Å². The Hall–Kier alpha value is -1.85. The zero-order valence-electron chi connectivity index (χ0n) is 13.8. The molecule has 1 atom stereocenters. The quantitative estimate of drug-likeness (QED) is 0.758. The summed E-state index contributed by atoms with van der Waals surface area (Å²) in [4.78, 5) is 0. The van der Waals surface area contributed by atoms with Crippen molar-refractivity contribution in [2.45, 2.75) is 30.9 Å². The number of sulfone groups is 1. The first-order valence-electron chi connectivity index (χ1n) is 7.26. The van der Waals surface area contributed by atoms with Crippen LogP contribution in [0.5, 0.6) is 0 Å². The molecule has 1 aromatic heterocycles. The fraction of sp³-hybridized carbons (Fsp3) is 0.429. The van der Waals surface area contributed by atoms with Crippen molar-refractivity contribution in [2.24, 2.45) is 5.92 Å². The Morgan fingerprint density at radius 2 is 1.72 bits per heavy atom. The summed E-state index contributed by atoms with van der Waals surface area (Å²) >= 11 is 0. The fourth-order valence-electron chi connectivity index (χ4n) is 2.00. The molecule has 0 amide bonds. The monoisotopic (exact) mass is 391 g/mol. The Morgan fingerprint density at radius 1 is 1.12 bits per heavy atom. The highest BCUT2D eigenvalue weighted by molar-refractivity contribution is 7.90. The van der Waals surface area contributed by atoms with E-state index in [2.05, 4.69) is 14.9 Å². The number of nitrogens with zero attached hydrogens (tertiary/aromatic N) is 2. The van der Waals surface area contributed by atoms with Crippen LogP contribution >= 0.6 is 0 Å². The Morgan fingerprint density at radius 3 is 2.20 bits per heavy atom. The van der Waals surface area contributed by atoms with Crippen LogP contribution in [0.2, 0.25) is 0 Å². The van der Waals surface area contributed by atoms with Gasteiger partial charge in [-0.25, -0.2) is 25.9 Å². The number of hydrogen-bond acceptors (Lipinski definition) is 7. The van der Waals surface area contributed by atoms with Gasteiger partial charge in [-0.05, 0) is 23.6 Å². The summed E-state index contributed by atoms with van der Waals surface area (Å²) in [6.07, 6.45) is 0.910. The SMILES string of the molecule is CC(C)[C@H](NS(=O)(=O)Cc1ccc(F)cc1)c1nnc(S(C)(=O)=O)o1. The molecule has 0 bridgehead atoms. The number of rotatable bonds is 7. The second-order valence-corrected chi connectivity index (χ2v) is 9.55. The Labute approximate surface area is 145 Å². The van der Waals surface area contributed by atoms with E-state index in [0.717, 1.165) is 6.26 Å². The minimum atomic E-state index is -3.82. The lowest BCUT2D eigenvalue weighted by Crippen LogP contribution is -2.33. The zero-order valence-corrected chi connectivity index (χ0v) is 15.4. The van der Waals surface area contributed by atoms with E-state index < -0.39 is 36.9 Å². The predicted molar refractivity (Wildman–Crippen MR) is 87.1 cm³/mol. The standard InChI is InChI=1S/C14H18FN3O5S2/c1-9(2)12(13-16-17-14(23-13)24(3,19)20)18-25(21,22)8-10-4-6-11(15)7-5-10/h4-7,9,12,18H,8H2,1-3H3/t12-/m0/s1. The average Bonchev–Trinajstić information content (AvgIpc) is 2.96. The largest absolute Gasteiger partial charge is 0.411 e. The topological polar surface area (TPSA) is 119 Å². The summed E-state index contributed by atoms with van der Waals surface area (Å²) in [6, 6.07) is 4.18. The molecule has 0 saturated heterocycles. The van der Waals surface area contributed by atoms with Crippen molar-refractivity contribution in [2.75, 3.05) is 6.26 Å². The average molecular weight is 391 g/mol. The lowest BCUT2D eigenvalue weighted by atomic mass is 10.1. The Kier molecular flexibility index (Phi) is 5.59. The van der Waals surface area contributed by atoms with Gasteiger partial charge in [-0.2, -0.15) is 0 Å². The lowest BCUT2D eigenvalue weighted by Gasteiger charge is -2.18. The van der Waals surface area contributed by atoms with E-state index in [9.17, 15) is 21.2 Å². The van der Waals surface area contributed by atoms with Crippen molar-refractivity contribution < 1.29 is 25.6 Å². The molecule has 1 heterocycles. The van der Waals surface area contributed by atoms with Crippen LogP contribution in [0.15, 0.2) is 33.9 Å². The highest BCUT2D eigenvalue weighted by Gasteiger charge is 2.29.